The fraction of sp³-hybridized carbons (Fsp3) is 0.435. The molecule has 0 aliphatic heterocycles. The van der Waals surface area contributed by atoms with Crippen molar-refractivity contribution in [2.45, 2.75) is 33.4 Å². The lowest BCUT2D eigenvalue weighted by Gasteiger charge is -2.16. The molecule has 1 aromatic carbocycles. The van der Waals surface area contributed by atoms with Gasteiger partial charge in [0.25, 0.3) is 5.89 Å². The minimum atomic E-state index is -0.898. The van der Waals surface area contributed by atoms with E-state index in [0.717, 1.165) is 28.1 Å². The average molecular weight is 475 g/mol. The molecule has 0 spiro atoms. The second-order valence-corrected chi connectivity index (χ2v) is 9.38. The number of carbonyl (C=O) groups is 1. The van der Waals surface area contributed by atoms with Crippen molar-refractivity contribution in [1.82, 2.24) is 20.4 Å². The molecule has 9 nitrogen and oxygen atoms in total. The number of aliphatic hydroxyl groups excluding tert-OH is 2. The van der Waals surface area contributed by atoms with Crippen LogP contribution in [0.15, 0.2) is 22.7 Å². The number of hydrogen-bond acceptors (Lipinski definition) is 9. The van der Waals surface area contributed by atoms with Gasteiger partial charge in [0.2, 0.25) is 11.7 Å². The van der Waals surface area contributed by atoms with Crippen LogP contribution < -0.4 is 10.1 Å². The van der Waals surface area contributed by atoms with E-state index < -0.39 is 18.6 Å². The molecule has 3 aromatic rings. The molecule has 0 fully saturated rings. The summed E-state index contributed by atoms with van der Waals surface area (Å²) in [6.07, 6.45) is -0.898. The summed E-state index contributed by atoms with van der Waals surface area (Å²) in [4.78, 5) is 20.0. The number of nitrogens with zero attached hydrogens (tertiary/aromatic N) is 3. The molecular weight excluding hydrogens is 444 g/mol. The lowest BCUT2D eigenvalue weighted by Crippen LogP contribution is -2.36. The average Bonchev–Trinajstić information content (AvgIpc) is 3.38. The van der Waals surface area contributed by atoms with E-state index in [1.54, 1.807) is 11.3 Å². The van der Waals surface area contributed by atoms with Crippen LogP contribution in [0.2, 0.25) is 0 Å². The predicted octanol–water partition coefficient (Wildman–Crippen LogP) is 2.30. The molecule has 10 heteroatoms. The summed E-state index contributed by atoms with van der Waals surface area (Å²) in [6.45, 7) is 6.14. The highest BCUT2D eigenvalue weighted by Crippen LogP contribution is 2.33. The third-order valence-corrected chi connectivity index (χ3v) is 6.14. The Kier molecular flexibility index (Phi) is 8.20. The van der Waals surface area contributed by atoms with Crippen molar-refractivity contribution >= 4 is 17.2 Å². The zero-order chi connectivity index (χ0) is 24.1. The number of aliphatic hydroxyl groups is 2. The van der Waals surface area contributed by atoms with Crippen LogP contribution >= 0.6 is 11.3 Å². The zero-order valence-corrected chi connectivity index (χ0v) is 20.3. The Labute approximate surface area is 197 Å². The standard InChI is InChI=1S/C23H30N4O5S/c1-13-8-18(33-19(13)10-27(4)5)23-25-22(26-32-23)16-6-14(2)21(15(3)7-16)31-12-17(29)9-24-20(30)11-28/h6-8,17,28-29H,9-12H2,1-5H3,(H,24,30)/t17-/m0/s1. The molecule has 0 aliphatic rings. The Bertz CT molecular complexity index is 1090. The Balaban J connectivity index is 1.71. The number of aromatic nitrogens is 2. The highest BCUT2D eigenvalue weighted by Gasteiger charge is 2.17. The van der Waals surface area contributed by atoms with Crippen LogP contribution in [0, 0.1) is 20.8 Å². The number of hydrogen-bond donors (Lipinski definition) is 3. The highest BCUT2D eigenvalue weighted by molar-refractivity contribution is 7.15. The molecule has 0 unspecified atom stereocenters. The van der Waals surface area contributed by atoms with Gasteiger partial charge in [0.1, 0.15) is 25.1 Å². The summed E-state index contributed by atoms with van der Waals surface area (Å²) in [5.74, 6) is 1.09. The molecular formula is C23H30N4O5S. The second-order valence-electron chi connectivity index (χ2n) is 8.24. The normalized spacial score (nSPS) is 12.2. The lowest BCUT2D eigenvalue weighted by atomic mass is 10.1. The van der Waals surface area contributed by atoms with Crippen molar-refractivity contribution in [3.63, 3.8) is 0 Å². The van der Waals surface area contributed by atoms with Crippen LogP contribution in [0.1, 0.15) is 21.6 Å². The van der Waals surface area contributed by atoms with Gasteiger partial charge in [0.05, 0.1) is 4.88 Å². The van der Waals surface area contributed by atoms with Gasteiger partial charge in [-0.25, -0.2) is 0 Å². The highest BCUT2D eigenvalue weighted by atomic mass is 32.1. The Morgan fingerprint density at radius 3 is 2.55 bits per heavy atom. The van der Waals surface area contributed by atoms with Crippen LogP contribution in [-0.2, 0) is 11.3 Å². The molecule has 0 radical (unpaired) electrons. The van der Waals surface area contributed by atoms with E-state index in [2.05, 4.69) is 33.3 Å². The molecule has 3 N–H and O–H groups in total. The molecule has 0 aliphatic carbocycles. The van der Waals surface area contributed by atoms with Gasteiger partial charge in [-0.05, 0) is 69.8 Å². The fourth-order valence-corrected chi connectivity index (χ4v) is 4.56. The Morgan fingerprint density at radius 1 is 1.21 bits per heavy atom. The molecule has 1 atom stereocenters. The maximum atomic E-state index is 11.1. The summed E-state index contributed by atoms with van der Waals surface area (Å²) >= 11 is 1.65. The first-order valence-corrected chi connectivity index (χ1v) is 11.4. The summed E-state index contributed by atoms with van der Waals surface area (Å²) < 4.78 is 11.3. The summed E-state index contributed by atoms with van der Waals surface area (Å²) in [7, 11) is 4.08. The number of aryl methyl sites for hydroxylation is 3. The third kappa shape index (κ3) is 6.38. The first-order valence-electron chi connectivity index (χ1n) is 10.6. The van der Waals surface area contributed by atoms with Gasteiger partial charge in [0, 0.05) is 23.5 Å². The molecule has 178 valence electrons. The van der Waals surface area contributed by atoms with Gasteiger partial charge < -0.3 is 29.7 Å². The van der Waals surface area contributed by atoms with Crippen LogP contribution in [0.5, 0.6) is 5.75 Å². The minimum absolute atomic E-state index is 0.000337. The van der Waals surface area contributed by atoms with Crippen LogP contribution in [-0.4, -0.2) is 71.1 Å². The quantitative estimate of drug-likeness (QED) is 0.409. The molecule has 0 saturated carbocycles. The van der Waals surface area contributed by atoms with Crippen LogP contribution in [0.4, 0.5) is 0 Å². The van der Waals surface area contributed by atoms with Crippen LogP contribution in [0.3, 0.4) is 0 Å². The molecule has 2 heterocycles. The summed E-state index contributed by atoms with van der Waals surface area (Å²) in [6, 6.07) is 5.89. The molecule has 0 saturated heterocycles. The molecule has 0 bridgehead atoms. The van der Waals surface area contributed by atoms with Gasteiger partial charge in [0.15, 0.2) is 0 Å². The second kappa shape index (κ2) is 10.9. The monoisotopic (exact) mass is 474 g/mol. The zero-order valence-electron chi connectivity index (χ0n) is 19.5. The van der Waals surface area contributed by atoms with E-state index >= 15 is 0 Å². The number of carbonyl (C=O) groups excluding carboxylic acids is 1. The number of ether oxygens (including phenoxy) is 1. The van der Waals surface area contributed by atoms with E-state index in [4.69, 9.17) is 14.4 Å². The maximum absolute atomic E-state index is 11.1. The van der Waals surface area contributed by atoms with Gasteiger partial charge in [-0.3, -0.25) is 4.79 Å². The van der Waals surface area contributed by atoms with Crippen LogP contribution in [0.25, 0.3) is 22.2 Å². The van der Waals surface area contributed by atoms with Crippen molar-refractivity contribution in [3.05, 3.63) is 39.8 Å². The van der Waals surface area contributed by atoms with Crippen molar-refractivity contribution < 1.29 is 24.3 Å². The summed E-state index contributed by atoms with van der Waals surface area (Å²) in [5, 5.41) is 25.3. The number of nitrogens with one attached hydrogen (secondary N) is 1. The smallest absolute Gasteiger partial charge is 0.268 e. The number of rotatable bonds is 10. The van der Waals surface area contributed by atoms with E-state index in [-0.39, 0.29) is 13.2 Å². The third-order valence-electron chi connectivity index (χ3n) is 4.93. The van der Waals surface area contributed by atoms with Gasteiger partial charge in [-0.1, -0.05) is 5.16 Å². The SMILES string of the molecule is Cc1cc(-c2nc(-c3cc(C)c(OC[C@@H](O)CNC(=O)CO)c(C)c3)no2)sc1CN(C)C. The van der Waals surface area contributed by atoms with E-state index in [1.807, 2.05) is 40.1 Å². The maximum Gasteiger partial charge on any atom is 0.268 e. The van der Waals surface area contributed by atoms with E-state index in [9.17, 15) is 9.90 Å². The molecule has 3 rings (SSSR count). The first kappa shape index (κ1) is 24.8. The number of thiophene rings is 1. The van der Waals surface area contributed by atoms with E-state index in [0.29, 0.717) is 17.5 Å². The molecule has 33 heavy (non-hydrogen) atoms. The Morgan fingerprint density at radius 2 is 1.91 bits per heavy atom. The lowest BCUT2D eigenvalue weighted by molar-refractivity contribution is -0.124. The number of benzene rings is 1. The molecule has 2 aromatic heterocycles. The topological polar surface area (TPSA) is 121 Å². The first-order chi connectivity index (χ1) is 15.7. The van der Waals surface area contributed by atoms with Gasteiger partial charge in [-0.15, -0.1) is 11.3 Å². The number of amides is 1. The van der Waals surface area contributed by atoms with Crippen molar-refractivity contribution in [3.8, 4) is 27.9 Å². The van der Waals surface area contributed by atoms with Crippen molar-refractivity contribution in [2.24, 2.45) is 0 Å². The largest absolute Gasteiger partial charge is 0.490 e. The van der Waals surface area contributed by atoms with Crippen molar-refractivity contribution in [1.29, 1.82) is 0 Å². The van der Waals surface area contributed by atoms with Gasteiger partial charge >= 0.3 is 0 Å². The summed E-state index contributed by atoms with van der Waals surface area (Å²) in [5.41, 5.74) is 3.74. The minimum Gasteiger partial charge on any atom is -0.490 e. The van der Waals surface area contributed by atoms with Gasteiger partial charge in [-0.2, -0.15) is 4.98 Å². The van der Waals surface area contributed by atoms with Crippen molar-refractivity contribution in [2.75, 3.05) is 33.9 Å². The Hall–Kier alpha value is -2.79. The van der Waals surface area contributed by atoms with E-state index in [1.165, 1.54) is 10.4 Å². The predicted molar refractivity (Wildman–Crippen MR) is 126 cm³/mol. The fourth-order valence-electron chi connectivity index (χ4n) is 3.34. The molecule has 1 amide bonds.